The molecule has 0 unspecified atom stereocenters. The first kappa shape index (κ1) is 18.7. The van der Waals surface area contributed by atoms with Gasteiger partial charge in [0, 0.05) is 34.9 Å². The molecule has 0 spiro atoms. The topological polar surface area (TPSA) is 54.4 Å². The molecule has 0 aliphatic carbocycles. The van der Waals surface area contributed by atoms with E-state index in [1.807, 2.05) is 12.1 Å². The quantitative estimate of drug-likeness (QED) is 0.677. The van der Waals surface area contributed by atoms with Crippen molar-refractivity contribution in [2.75, 3.05) is 0 Å². The maximum absolute atomic E-state index is 11.5. The third-order valence-electron chi connectivity index (χ3n) is 3.44. The van der Waals surface area contributed by atoms with Crippen LogP contribution in [-0.2, 0) is 23.0 Å². The van der Waals surface area contributed by atoms with Crippen LogP contribution in [0.3, 0.4) is 0 Å². The Balaban J connectivity index is 0.00000220. The first-order valence-corrected chi connectivity index (χ1v) is 8.43. The Morgan fingerprint density at radius 1 is 1.00 bits per heavy atom. The first-order valence-electron chi connectivity index (χ1n) is 6.99. The molecule has 0 amide bonds. The van der Waals surface area contributed by atoms with Gasteiger partial charge in [0.05, 0.1) is 0 Å². The zero-order chi connectivity index (χ0) is 14.8. The van der Waals surface area contributed by atoms with Gasteiger partial charge in [-0.25, -0.2) is 0 Å². The molecule has 0 fully saturated rings. The van der Waals surface area contributed by atoms with Crippen molar-refractivity contribution in [1.29, 1.82) is 0 Å². The normalized spacial score (nSPS) is 11.4. The Hall–Kier alpha value is -0.390. The van der Waals surface area contributed by atoms with E-state index in [1.54, 1.807) is 6.07 Å². The van der Waals surface area contributed by atoms with Crippen LogP contribution >= 0.6 is 0 Å². The summed E-state index contributed by atoms with van der Waals surface area (Å²) in [6.07, 6.45) is 3.82. The monoisotopic (exact) mass is 315 g/mol. The Morgan fingerprint density at radius 3 is 2.24 bits per heavy atom. The van der Waals surface area contributed by atoms with Gasteiger partial charge in [0.25, 0.3) is 10.1 Å². The second-order valence-electron chi connectivity index (χ2n) is 5.08. The minimum atomic E-state index is -4.19. The predicted molar refractivity (Wildman–Crippen MR) is 87.5 cm³/mol. The van der Waals surface area contributed by atoms with Crippen LogP contribution in [0.1, 0.15) is 37.8 Å². The summed E-state index contributed by atoms with van der Waals surface area (Å²) in [6, 6.07) is 9.11. The van der Waals surface area contributed by atoms with Crippen molar-refractivity contribution < 1.29 is 13.0 Å². The van der Waals surface area contributed by atoms with Crippen LogP contribution in [0.5, 0.6) is 0 Å². The van der Waals surface area contributed by atoms with Gasteiger partial charge in [0.1, 0.15) is 4.90 Å². The number of fused-ring (bicyclic) bond motifs is 1. The molecular formula is C16H20NaO3S. The van der Waals surface area contributed by atoms with Crippen LogP contribution in [0.25, 0.3) is 10.8 Å². The summed E-state index contributed by atoms with van der Waals surface area (Å²) < 4.78 is 32.5. The Labute approximate surface area is 148 Å². The van der Waals surface area contributed by atoms with E-state index in [4.69, 9.17) is 0 Å². The molecule has 0 aromatic heterocycles. The van der Waals surface area contributed by atoms with Crippen LogP contribution < -0.4 is 0 Å². The van der Waals surface area contributed by atoms with Crippen molar-refractivity contribution in [2.24, 2.45) is 0 Å². The second-order valence-corrected chi connectivity index (χ2v) is 6.47. The minimum Gasteiger partial charge on any atom is -0.282 e. The van der Waals surface area contributed by atoms with Crippen molar-refractivity contribution in [2.45, 2.75) is 44.4 Å². The molecular weight excluding hydrogens is 295 g/mol. The molecule has 109 valence electrons. The molecule has 0 aliphatic heterocycles. The largest absolute Gasteiger partial charge is 0.295 e. The predicted octanol–water partition coefficient (Wildman–Crippen LogP) is 3.61. The SMILES string of the molecule is CCCc1cc(CCC)c2cccc(S(=O)(=O)O)c2c1.[Na]. The number of benzene rings is 2. The maximum Gasteiger partial charge on any atom is 0.295 e. The number of aryl methyl sites for hydroxylation is 2. The molecule has 21 heavy (non-hydrogen) atoms. The van der Waals surface area contributed by atoms with Gasteiger partial charge < -0.3 is 0 Å². The van der Waals surface area contributed by atoms with E-state index in [1.165, 1.54) is 6.07 Å². The van der Waals surface area contributed by atoms with E-state index >= 15 is 0 Å². The average molecular weight is 315 g/mol. The van der Waals surface area contributed by atoms with Crippen LogP contribution in [0.4, 0.5) is 0 Å². The molecule has 0 saturated heterocycles. The molecule has 0 saturated carbocycles. The zero-order valence-corrected chi connectivity index (χ0v) is 15.7. The summed E-state index contributed by atoms with van der Waals surface area (Å²) in [5, 5.41) is 1.55. The standard InChI is InChI=1S/C16H20O3S.Na/c1-3-6-12-10-13(7-4-2)14-8-5-9-16(15(14)11-12)20(17,18)19;/h5,8-11H,3-4,6-7H2,1-2H3,(H,17,18,19);. The molecule has 2 aromatic carbocycles. The van der Waals surface area contributed by atoms with Gasteiger partial charge in [-0.05, 0) is 41.5 Å². The Bertz CT molecular complexity index is 724. The Morgan fingerprint density at radius 2 is 1.67 bits per heavy atom. The molecule has 0 atom stereocenters. The first-order chi connectivity index (χ1) is 9.47. The Kier molecular flexibility index (Phi) is 6.88. The second kappa shape index (κ2) is 7.75. The van der Waals surface area contributed by atoms with Crippen LogP contribution in [-0.4, -0.2) is 42.5 Å². The third-order valence-corrected chi connectivity index (χ3v) is 4.35. The van der Waals surface area contributed by atoms with Gasteiger partial charge >= 0.3 is 0 Å². The fraction of sp³-hybridized carbons (Fsp3) is 0.375. The molecule has 2 aromatic rings. The smallest absolute Gasteiger partial charge is 0.282 e. The van der Waals surface area contributed by atoms with Crippen LogP contribution in [0.15, 0.2) is 35.2 Å². The fourth-order valence-electron chi connectivity index (χ4n) is 2.64. The van der Waals surface area contributed by atoms with Crippen molar-refractivity contribution in [1.82, 2.24) is 0 Å². The molecule has 2 rings (SSSR count). The summed E-state index contributed by atoms with van der Waals surface area (Å²) in [7, 11) is -4.19. The van der Waals surface area contributed by atoms with E-state index < -0.39 is 10.1 Å². The molecule has 0 heterocycles. The number of hydrogen-bond acceptors (Lipinski definition) is 2. The van der Waals surface area contributed by atoms with Gasteiger partial charge in [-0.15, -0.1) is 0 Å². The average Bonchev–Trinajstić information content (AvgIpc) is 2.37. The summed E-state index contributed by atoms with van der Waals surface area (Å²) in [4.78, 5) is 0.00491. The molecule has 1 N–H and O–H groups in total. The van der Waals surface area contributed by atoms with Crippen molar-refractivity contribution in [3.8, 4) is 0 Å². The molecule has 3 nitrogen and oxygen atoms in total. The van der Waals surface area contributed by atoms with E-state index in [0.29, 0.717) is 5.39 Å². The van der Waals surface area contributed by atoms with E-state index in [-0.39, 0.29) is 34.5 Å². The molecule has 0 aliphatic rings. The molecule has 0 bridgehead atoms. The van der Waals surface area contributed by atoms with Crippen molar-refractivity contribution >= 4 is 50.4 Å². The minimum absolute atomic E-state index is 0. The van der Waals surface area contributed by atoms with Gasteiger partial charge in [-0.1, -0.05) is 44.9 Å². The van der Waals surface area contributed by atoms with Gasteiger partial charge in [0.2, 0.25) is 0 Å². The number of rotatable bonds is 5. The third kappa shape index (κ3) is 4.30. The molecule has 1 radical (unpaired) electrons. The maximum atomic E-state index is 11.5. The van der Waals surface area contributed by atoms with Gasteiger partial charge in [-0.2, -0.15) is 8.42 Å². The van der Waals surface area contributed by atoms with E-state index in [9.17, 15) is 13.0 Å². The van der Waals surface area contributed by atoms with E-state index in [0.717, 1.165) is 42.2 Å². The fourth-order valence-corrected chi connectivity index (χ4v) is 3.33. The van der Waals surface area contributed by atoms with Crippen molar-refractivity contribution in [3.05, 3.63) is 41.5 Å². The zero-order valence-electron chi connectivity index (χ0n) is 12.9. The van der Waals surface area contributed by atoms with Gasteiger partial charge in [-0.3, -0.25) is 4.55 Å². The summed E-state index contributed by atoms with van der Waals surface area (Å²) in [6.45, 7) is 4.20. The van der Waals surface area contributed by atoms with E-state index in [2.05, 4.69) is 19.9 Å². The molecule has 5 heteroatoms. The summed E-state index contributed by atoms with van der Waals surface area (Å²) >= 11 is 0. The van der Waals surface area contributed by atoms with Crippen LogP contribution in [0, 0.1) is 0 Å². The van der Waals surface area contributed by atoms with Gasteiger partial charge in [0.15, 0.2) is 0 Å². The summed E-state index contributed by atoms with van der Waals surface area (Å²) in [5.74, 6) is 0. The summed E-state index contributed by atoms with van der Waals surface area (Å²) in [5.41, 5.74) is 2.28. The van der Waals surface area contributed by atoms with Crippen molar-refractivity contribution in [3.63, 3.8) is 0 Å². The number of hydrogen-bond donors (Lipinski definition) is 1. The van der Waals surface area contributed by atoms with Crippen LogP contribution in [0.2, 0.25) is 0 Å².